The molecule has 0 fully saturated rings. The highest BCUT2D eigenvalue weighted by molar-refractivity contribution is 14.1. The van der Waals surface area contributed by atoms with Crippen molar-refractivity contribution in [2.45, 2.75) is 53.1 Å². The van der Waals surface area contributed by atoms with E-state index < -0.39 is 16.1 Å². The van der Waals surface area contributed by atoms with Crippen LogP contribution in [0.2, 0.25) is 39.3 Å². The molecule has 0 aromatic heterocycles. The van der Waals surface area contributed by atoms with Crippen LogP contribution in [-0.2, 0) is 9.47 Å². The fourth-order valence-corrected chi connectivity index (χ4v) is 5.65. The second-order valence-electron chi connectivity index (χ2n) is 11.7. The summed E-state index contributed by atoms with van der Waals surface area (Å²) in [4.78, 5) is 30.6. The lowest BCUT2D eigenvalue weighted by atomic mass is 10.1. The van der Waals surface area contributed by atoms with Gasteiger partial charge in [0, 0.05) is 23.5 Å². The number of methoxy groups -OCH3 is 2. The summed E-state index contributed by atoms with van der Waals surface area (Å²) in [6.45, 7) is 17.6. The number of hydrogen-bond donors (Lipinski definition) is 1. The van der Waals surface area contributed by atoms with E-state index >= 15 is 0 Å². The molecule has 0 saturated heterocycles. The molecule has 0 bridgehead atoms. The molecule has 0 amide bonds. The number of carbonyl (C=O) groups is 2. The van der Waals surface area contributed by atoms with Gasteiger partial charge in [0.25, 0.3) is 0 Å². The Kier molecular flexibility index (Phi) is 18.2. The third-order valence-electron chi connectivity index (χ3n) is 5.44. The maximum absolute atomic E-state index is 11.6. The van der Waals surface area contributed by atoms with Crippen molar-refractivity contribution in [3.63, 3.8) is 0 Å². The van der Waals surface area contributed by atoms with E-state index in [-0.39, 0.29) is 11.9 Å². The zero-order chi connectivity index (χ0) is 32.0. The van der Waals surface area contributed by atoms with Crippen LogP contribution in [0.1, 0.15) is 43.0 Å². The number of aliphatic imine (C=N–C) groups is 1. The van der Waals surface area contributed by atoms with E-state index in [9.17, 15) is 9.59 Å². The van der Waals surface area contributed by atoms with E-state index in [1.807, 2.05) is 55.4 Å². The summed E-state index contributed by atoms with van der Waals surface area (Å²) in [6.07, 6.45) is 3.90. The normalized spacial score (nSPS) is 11.3. The van der Waals surface area contributed by atoms with Crippen molar-refractivity contribution in [1.29, 1.82) is 0 Å². The van der Waals surface area contributed by atoms with Gasteiger partial charge in [-0.3, -0.25) is 4.99 Å². The van der Waals surface area contributed by atoms with Crippen LogP contribution in [0.25, 0.3) is 0 Å². The lowest BCUT2D eigenvalue weighted by molar-refractivity contribution is 0.0591. The number of ether oxygens (including phenoxy) is 2. The van der Waals surface area contributed by atoms with Gasteiger partial charge in [-0.25, -0.2) is 9.59 Å². The summed E-state index contributed by atoms with van der Waals surface area (Å²) in [5.74, 6) is -0.608. The number of aryl methyl sites for hydroxylation is 2. The topological polar surface area (TPSA) is 77.0 Å². The first kappa shape index (κ1) is 39.5. The molecule has 2 rings (SSSR count). The number of nitrogens with one attached hydrogen (secondary N) is 1. The van der Waals surface area contributed by atoms with Crippen molar-refractivity contribution in [2.24, 2.45) is 4.99 Å². The van der Waals surface area contributed by atoms with Crippen LogP contribution in [0.15, 0.2) is 41.4 Å². The van der Waals surface area contributed by atoms with Crippen molar-refractivity contribution in [2.75, 3.05) is 37.7 Å². The number of nitrogens with zero attached hydrogens (tertiary/aromatic N) is 1. The maximum atomic E-state index is 11.6. The van der Waals surface area contributed by atoms with Crippen LogP contribution >= 0.6 is 46.6 Å². The van der Waals surface area contributed by atoms with Crippen LogP contribution in [-0.4, -0.2) is 75.9 Å². The third-order valence-corrected chi connectivity index (χ3v) is 8.92. The van der Waals surface area contributed by atoms with Gasteiger partial charge in [-0.1, -0.05) is 86.2 Å². The molecule has 1 N–H and O–H groups in total. The van der Waals surface area contributed by atoms with E-state index in [4.69, 9.17) is 26.7 Å². The molecule has 0 spiro atoms. The number of esters is 2. The Balaban J connectivity index is 0.000000737. The summed E-state index contributed by atoms with van der Waals surface area (Å²) in [6, 6.07) is 11.3. The first-order valence-electron chi connectivity index (χ1n) is 13.2. The smallest absolute Gasteiger partial charge is 0.338 e. The summed E-state index contributed by atoms with van der Waals surface area (Å²) >= 11 is 9.18. The van der Waals surface area contributed by atoms with Crippen molar-refractivity contribution in [1.82, 2.24) is 5.32 Å². The highest BCUT2D eigenvalue weighted by atomic mass is 127. The van der Waals surface area contributed by atoms with Gasteiger partial charge in [0.05, 0.1) is 46.5 Å². The molecule has 11 heteroatoms. The molecule has 228 valence electrons. The minimum atomic E-state index is -1.19. The highest BCUT2D eigenvalue weighted by Crippen LogP contribution is 2.18. The number of thiocarbonyl (C=S) groups is 1. The summed E-state index contributed by atoms with van der Waals surface area (Å²) in [7, 11) is 0.420. The number of thioether (sulfide) groups is 1. The van der Waals surface area contributed by atoms with E-state index in [2.05, 4.69) is 67.2 Å². The maximum Gasteiger partial charge on any atom is 0.338 e. The van der Waals surface area contributed by atoms with Gasteiger partial charge in [0.2, 0.25) is 0 Å². The molecule has 41 heavy (non-hydrogen) atoms. The zero-order valence-electron chi connectivity index (χ0n) is 26.7. The van der Waals surface area contributed by atoms with Crippen molar-refractivity contribution >= 4 is 84.7 Å². The Morgan fingerprint density at radius 3 is 1.66 bits per heavy atom. The molecular weight excluding hydrogens is 700 g/mol. The van der Waals surface area contributed by atoms with E-state index in [0.29, 0.717) is 11.1 Å². The Morgan fingerprint density at radius 2 is 1.29 bits per heavy atom. The standard InChI is InChI=1S/C15H23NO2SSi.C14H21NO2SSi.CH3I/c1-11-9-12(7-8-13(11)15(17)18-2)14(19-3)16-10-20(4,5)6;1-10-8-11(6-7-12(10)14(16)17-2)13(18)15-9-19(3,4)5;1-2/h7-9H,10H2,1-6H3;6-8H,9H2,1-5H3,(H,15,18);1H3. The number of benzene rings is 2. The molecule has 0 saturated carbocycles. The Bertz CT molecular complexity index is 1210. The van der Waals surface area contributed by atoms with E-state index in [1.54, 1.807) is 17.8 Å². The molecular formula is C30H47IN2O4S2Si2. The number of carbonyl (C=O) groups excluding carboxylic acids is 2. The van der Waals surface area contributed by atoms with Crippen molar-refractivity contribution in [3.8, 4) is 0 Å². The molecule has 2 aromatic carbocycles. The van der Waals surface area contributed by atoms with Gasteiger partial charge in [0.15, 0.2) is 0 Å². The van der Waals surface area contributed by atoms with Gasteiger partial charge in [0.1, 0.15) is 4.99 Å². The minimum absolute atomic E-state index is 0.293. The zero-order valence-corrected chi connectivity index (χ0v) is 32.4. The predicted molar refractivity (Wildman–Crippen MR) is 196 cm³/mol. The molecule has 2 aromatic rings. The second-order valence-corrected chi connectivity index (χ2v) is 23.8. The quantitative estimate of drug-likeness (QED) is 0.0564. The van der Waals surface area contributed by atoms with Gasteiger partial charge in [-0.05, 0) is 60.4 Å². The second kappa shape index (κ2) is 18.9. The minimum Gasteiger partial charge on any atom is -0.465 e. The Hall–Kier alpha value is -1.55. The lowest BCUT2D eigenvalue weighted by Crippen LogP contribution is -2.39. The SMILES string of the molecule is CI.COC(=O)c1ccc(C(=NC[Si](C)(C)C)SC)cc1C.COC(=O)c1ccc(C(=S)NC[Si](C)(C)C)cc1C. The fraction of sp³-hybridized carbons (Fsp3) is 0.467. The number of alkyl halides is 1. The largest absolute Gasteiger partial charge is 0.465 e. The number of hydrogen-bond acceptors (Lipinski definition) is 7. The van der Waals surface area contributed by atoms with Gasteiger partial charge in [-0.2, -0.15) is 0 Å². The molecule has 6 nitrogen and oxygen atoms in total. The van der Waals surface area contributed by atoms with Gasteiger partial charge < -0.3 is 14.8 Å². The van der Waals surface area contributed by atoms with Crippen LogP contribution in [0.5, 0.6) is 0 Å². The fourth-order valence-electron chi connectivity index (χ4n) is 3.31. The lowest BCUT2D eigenvalue weighted by Gasteiger charge is -2.18. The average molecular weight is 747 g/mol. The monoisotopic (exact) mass is 746 g/mol. The predicted octanol–water partition coefficient (Wildman–Crippen LogP) is 7.74. The summed E-state index contributed by atoms with van der Waals surface area (Å²) < 4.78 is 9.49. The first-order chi connectivity index (χ1) is 19.0. The molecule has 0 aliphatic heterocycles. The molecule has 0 aliphatic carbocycles. The molecule has 0 radical (unpaired) electrons. The Morgan fingerprint density at radius 1 is 0.854 bits per heavy atom. The van der Waals surface area contributed by atoms with E-state index in [0.717, 1.165) is 44.6 Å². The van der Waals surface area contributed by atoms with Crippen LogP contribution in [0.4, 0.5) is 0 Å². The number of halogens is 1. The van der Waals surface area contributed by atoms with Crippen LogP contribution in [0.3, 0.4) is 0 Å². The third kappa shape index (κ3) is 15.0. The number of rotatable bonds is 8. The van der Waals surface area contributed by atoms with Crippen LogP contribution < -0.4 is 5.32 Å². The first-order valence-corrected chi connectivity index (χ1v) is 24.4. The molecule has 0 atom stereocenters. The van der Waals surface area contributed by atoms with Crippen molar-refractivity contribution < 1.29 is 19.1 Å². The van der Waals surface area contributed by atoms with Crippen molar-refractivity contribution in [3.05, 3.63) is 69.8 Å². The summed E-state index contributed by atoms with van der Waals surface area (Å²) in [5.41, 5.74) is 5.01. The Labute approximate surface area is 273 Å². The molecule has 0 unspecified atom stereocenters. The molecule has 0 heterocycles. The van der Waals surface area contributed by atoms with Crippen LogP contribution in [0, 0.1) is 13.8 Å². The summed E-state index contributed by atoms with van der Waals surface area (Å²) in [5, 5.41) is 4.34. The average Bonchev–Trinajstić information content (AvgIpc) is 2.91. The van der Waals surface area contributed by atoms with E-state index in [1.165, 1.54) is 14.2 Å². The highest BCUT2D eigenvalue weighted by Gasteiger charge is 2.16. The molecule has 0 aliphatic rings. The van der Waals surface area contributed by atoms with Gasteiger partial charge in [-0.15, -0.1) is 11.8 Å². The van der Waals surface area contributed by atoms with Gasteiger partial charge >= 0.3 is 11.9 Å².